The number of phenols is 1. The van der Waals surface area contributed by atoms with Crippen molar-refractivity contribution < 1.29 is 19.7 Å². The number of likely N-dealkylation sites (tertiary alicyclic amines) is 1. The van der Waals surface area contributed by atoms with Crippen LogP contribution in [0.1, 0.15) is 56.2 Å². The summed E-state index contributed by atoms with van der Waals surface area (Å²) >= 11 is 0. The van der Waals surface area contributed by atoms with Gasteiger partial charge in [0.1, 0.15) is 0 Å². The fourth-order valence-electron chi connectivity index (χ4n) is 6.75. The summed E-state index contributed by atoms with van der Waals surface area (Å²) < 4.78 is 5.80. The number of rotatable bonds is 8. The Morgan fingerprint density at radius 3 is 2.62 bits per heavy atom. The summed E-state index contributed by atoms with van der Waals surface area (Å²) in [4.78, 5) is 15.9. The van der Waals surface area contributed by atoms with Gasteiger partial charge in [-0.2, -0.15) is 0 Å². The Morgan fingerprint density at radius 2 is 1.95 bits per heavy atom. The number of aliphatic hydroxyl groups is 1. The molecule has 2 aliphatic carbocycles. The smallest absolute Gasteiger partial charge is 0.249 e. The molecular formula is C31H40N2O4. The number of hydrogen-bond donors (Lipinski definition) is 3. The van der Waals surface area contributed by atoms with Gasteiger partial charge < -0.3 is 20.3 Å². The zero-order valence-corrected chi connectivity index (χ0v) is 22.2. The number of methoxy groups -OCH3 is 1. The van der Waals surface area contributed by atoms with Crippen molar-refractivity contribution in [1.82, 2.24) is 10.2 Å². The highest BCUT2D eigenvalue weighted by Crippen LogP contribution is 2.55. The lowest BCUT2D eigenvalue weighted by atomic mass is 9.56. The largest absolute Gasteiger partial charge is 0.504 e. The van der Waals surface area contributed by atoms with Gasteiger partial charge in [-0.1, -0.05) is 49.4 Å². The van der Waals surface area contributed by atoms with E-state index in [1.165, 1.54) is 12.8 Å². The molecule has 6 nitrogen and oxygen atoms in total. The molecule has 0 spiro atoms. The van der Waals surface area contributed by atoms with Crippen molar-refractivity contribution >= 4 is 5.91 Å². The van der Waals surface area contributed by atoms with Crippen LogP contribution < -0.4 is 10.1 Å². The molecule has 2 unspecified atom stereocenters. The first-order valence-corrected chi connectivity index (χ1v) is 13.7. The Morgan fingerprint density at radius 1 is 1.19 bits per heavy atom. The summed E-state index contributed by atoms with van der Waals surface area (Å²) in [7, 11) is 1.60. The molecule has 2 aromatic carbocycles. The molecule has 198 valence electrons. The van der Waals surface area contributed by atoms with Gasteiger partial charge in [0, 0.05) is 41.6 Å². The van der Waals surface area contributed by atoms with Crippen molar-refractivity contribution in [3.63, 3.8) is 0 Å². The number of carbonyl (C=O) groups is 1. The van der Waals surface area contributed by atoms with Crippen LogP contribution in [0.3, 0.4) is 0 Å². The number of nitrogens with zero attached hydrogens (tertiary/aromatic N) is 1. The summed E-state index contributed by atoms with van der Waals surface area (Å²) in [5, 5.41) is 25.3. The van der Waals surface area contributed by atoms with Crippen LogP contribution in [0.25, 0.3) is 0 Å². The average Bonchev–Trinajstić information content (AvgIpc) is 3.73. The first kappa shape index (κ1) is 25.8. The van der Waals surface area contributed by atoms with Crippen molar-refractivity contribution in [2.24, 2.45) is 11.8 Å². The number of amides is 1. The SMILES string of the molecule is CCc1ccc(O)c(OC)c1[C@]12CCN(CC3CC3)[C@H](C)C1C=C(C(=O)NCc1ccccc1)C(O)C2. The van der Waals surface area contributed by atoms with E-state index in [-0.39, 0.29) is 23.6 Å². The number of nitrogens with one attached hydrogen (secondary N) is 1. The third-order valence-corrected chi connectivity index (χ3v) is 8.91. The molecule has 1 heterocycles. The van der Waals surface area contributed by atoms with E-state index in [4.69, 9.17) is 4.74 Å². The maximum atomic E-state index is 13.4. The maximum absolute atomic E-state index is 13.4. The molecule has 0 bridgehead atoms. The molecule has 1 saturated carbocycles. The second-order valence-corrected chi connectivity index (χ2v) is 11.1. The number of hydrogen-bond acceptors (Lipinski definition) is 5. The van der Waals surface area contributed by atoms with Gasteiger partial charge in [0.2, 0.25) is 5.91 Å². The molecule has 37 heavy (non-hydrogen) atoms. The Labute approximate surface area is 220 Å². The van der Waals surface area contributed by atoms with E-state index >= 15 is 0 Å². The lowest BCUT2D eigenvalue weighted by molar-refractivity contribution is -0.119. The molecule has 5 rings (SSSR count). The summed E-state index contributed by atoms with van der Waals surface area (Å²) in [6.45, 7) is 6.80. The van der Waals surface area contributed by atoms with Crippen LogP contribution in [0.15, 0.2) is 54.1 Å². The summed E-state index contributed by atoms with van der Waals surface area (Å²) in [5.41, 5.74) is 3.17. The van der Waals surface area contributed by atoms with Crippen LogP contribution in [-0.4, -0.2) is 53.4 Å². The van der Waals surface area contributed by atoms with Crippen LogP contribution in [0.2, 0.25) is 0 Å². The number of carbonyl (C=O) groups excluding carboxylic acids is 1. The topological polar surface area (TPSA) is 82.0 Å². The van der Waals surface area contributed by atoms with Crippen molar-refractivity contribution in [3.8, 4) is 11.5 Å². The van der Waals surface area contributed by atoms with Gasteiger partial charge in [-0.15, -0.1) is 0 Å². The van der Waals surface area contributed by atoms with Crippen molar-refractivity contribution in [1.29, 1.82) is 0 Å². The normalized spacial score (nSPS) is 27.8. The van der Waals surface area contributed by atoms with Crippen molar-refractivity contribution in [2.45, 2.75) is 70.1 Å². The maximum Gasteiger partial charge on any atom is 0.249 e. The Balaban J connectivity index is 1.55. The Kier molecular flexibility index (Phi) is 7.32. The van der Waals surface area contributed by atoms with Gasteiger partial charge in [-0.25, -0.2) is 0 Å². The molecular weight excluding hydrogens is 464 g/mol. The molecule has 6 heteroatoms. The monoisotopic (exact) mass is 504 g/mol. The zero-order chi connectivity index (χ0) is 26.2. The number of benzene rings is 2. The fraction of sp³-hybridized carbons (Fsp3) is 0.516. The summed E-state index contributed by atoms with van der Waals surface area (Å²) in [5.74, 6) is 1.19. The van der Waals surface area contributed by atoms with Gasteiger partial charge in [0.15, 0.2) is 11.5 Å². The van der Waals surface area contributed by atoms with E-state index in [1.807, 2.05) is 42.5 Å². The molecule has 0 aromatic heterocycles. The third-order valence-electron chi connectivity index (χ3n) is 8.91. The van der Waals surface area contributed by atoms with Crippen molar-refractivity contribution in [2.75, 3.05) is 20.2 Å². The minimum atomic E-state index is -0.897. The lowest BCUT2D eigenvalue weighted by Crippen LogP contribution is -2.58. The van der Waals surface area contributed by atoms with E-state index in [9.17, 15) is 15.0 Å². The lowest BCUT2D eigenvalue weighted by Gasteiger charge is -2.55. The molecule has 0 radical (unpaired) electrons. The van der Waals surface area contributed by atoms with E-state index in [0.717, 1.165) is 48.5 Å². The molecule has 2 aromatic rings. The quantitative estimate of drug-likeness (QED) is 0.499. The molecule has 2 fully saturated rings. The fourth-order valence-corrected chi connectivity index (χ4v) is 6.75. The predicted octanol–water partition coefficient (Wildman–Crippen LogP) is 4.33. The van der Waals surface area contributed by atoms with Gasteiger partial charge in [0.05, 0.1) is 13.2 Å². The second-order valence-electron chi connectivity index (χ2n) is 11.1. The van der Waals surface area contributed by atoms with Crippen LogP contribution in [0.5, 0.6) is 11.5 Å². The first-order chi connectivity index (χ1) is 17.9. The molecule has 1 amide bonds. The second kappa shape index (κ2) is 10.5. The van der Waals surface area contributed by atoms with E-state index in [1.54, 1.807) is 13.2 Å². The Hall–Kier alpha value is -2.83. The number of aliphatic hydroxyl groups excluding tert-OH is 1. The van der Waals surface area contributed by atoms with Crippen LogP contribution >= 0.6 is 0 Å². The molecule has 3 N–H and O–H groups in total. The van der Waals surface area contributed by atoms with Crippen LogP contribution in [0.4, 0.5) is 0 Å². The Bertz CT molecular complexity index is 1160. The molecule has 1 saturated heterocycles. The highest BCUT2D eigenvalue weighted by Gasteiger charge is 2.54. The first-order valence-electron chi connectivity index (χ1n) is 13.7. The van der Waals surface area contributed by atoms with Crippen LogP contribution in [-0.2, 0) is 23.2 Å². The van der Waals surface area contributed by atoms with E-state index in [2.05, 4.69) is 24.1 Å². The molecule has 1 aliphatic heterocycles. The minimum absolute atomic E-state index is 0.00174. The van der Waals surface area contributed by atoms with Crippen LogP contribution in [0, 0.1) is 11.8 Å². The van der Waals surface area contributed by atoms with Crippen molar-refractivity contribution in [3.05, 3.63) is 70.8 Å². The van der Waals surface area contributed by atoms with Gasteiger partial charge >= 0.3 is 0 Å². The molecule has 3 aliphatic rings. The van der Waals surface area contributed by atoms with E-state index in [0.29, 0.717) is 24.3 Å². The minimum Gasteiger partial charge on any atom is -0.504 e. The standard InChI is InChI=1S/C31H40N2O4/c1-4-23-12-13-26(34)29(37-3)28(23)31-14-15-33(19-22-10-11-22)20(2)25(31)16-24(27(35)17-31)30(36)32-18-21-8-6-5-7-9-21/h5-9,12-13,16,20,22,25,27,34-35H,4,10-11,14-15,17-19H2,1-3H3,(H,32,36)/t20-,25?,27?,31+/m1/s1. The highest BCUT2D eigenvalue weighted by atomic mass is 16.5. The zero-order valence-electron chi connectivity index (χ0n) is 22.2. The predicted molar refractivity (Wildman–Crippen MR) is 145 cm³/mol. The molecule has 4 atom stereocenters. The number of phenolic OH excluding ortho intramolecular Hbond substituents is 1. The summed E-state index contributed by atoms with van der Waals surface area (Å²) in [6, 6.07) is 13.7. The number of aromatic hydroxyl groups is 1. The van der Waals surface area contributed by atoms with Gasteiger partial charge in [-0.3, -0.25) is 9.69 Å². The highest BCUT2D eigenvalue weighted by molar-refractivity contribution is 5.94. The number of aryl methyl sites for hydroxylation is 1. The van der Waals surface area contributed by atoms with E-state index < -0.39 is 11.5 Å². The summed E-state index contributed by atoms with van der Waals surface area (Å²) in [6.07, 6.45) is 5.80. The number of ether oxygens (including phenoxy) is 1. The average molecular weight is 505 g/mol. The van der Waals surface area contributed by atoms with Gasteiger partial charge in [-0.05, 0) is 68.7 Å². The number of fused-ring (bicyclic) bond motifs is 1. The van der Waals surface area contributed by atoms with Gasteiger partial charge in [0.25, 0.3) is 0 Å². The number of piperidine rings is 1. The third kappa shape index (κ3) is 4.89.